The summed E-state index contributed by atoms with van der Waals surface area (Å²) < 4.78 is 0. The van der Waals surface area contributed by atoms with Crippen molar-refractivity contribution in [2.24, 2.45) is 17.3 Å². The number of anilines is 1. The lowest BCUT2D eigenvalue weighted by atomic mass is 9.72. The standard InChI is InChI=1S/C20H29NO3S/c1-20(2,3)13-9-10-14-15(11-13)25-18(16(14)19(23)24)21-17(22)12-7-5-4-6-8-12/h12-13H,4-11H2,1-3H3,(H,21,22)(H,23,24). The number of hydrogen-bond acceptors (Lipinski definition) is 3. The molecule has 1 unspecified atom stereocenters. The molecule has 0 saturated heterocycles. The van der Waals surface area contributed by atoms with E-state index in [2.05, 4.69) is 26.1 Å². The zero-order chi connectivity index (χ0) is 18.2. The van der Waals surface area contributed by atoms with Crippen LogP contribution >= 0.6 is 11.3 Å². The van der Waals surface area contributed by atoms with E-state index in [-0.39, 0.29) is 17.2 Å². The lowest BCUT2D eigenvalue weighted by Crippen LogP contribution is -2.26. The quantitative estimate of drug-likeness (QED) is 0.783. The second-order valence-corrected chi connectivity index (χ2v) is 9.75. The normalized spacial score (nSPS) is 21.6. The molecule has 0 spiro atoms. The Morgan fingerprint density at radius 2 is 1.80 bits per heavy atom. The van der Waals surface area contributed by atoms with Gasteiger partial charge in [0.25, 0.3) is 0 Å². The molecule has 0 aromatic carbocycles. The van der Waals surface area contributed by atoms with Crippen molar-refractivity contribution >= 4 is 28.2 Å². The van der Waals surface area contributed by atoms with Gasteiger partial charge in [-0.1, -0.05) is 40.0 Å². The summed E-state index contributed by atoms with van der Waals surface area (Å²) in [5.41, 5.74) is 1.52. The van der Waals surface area contributed by atoms with Crippen molar-refractivity contribution in [2.45, 2.75) is 72.1 Å². The third kappa shape index (κ3) is 3.91. The molecule has 2 aliphatic carbocycles. The zero-order valence-corrected chi connectivity index (χ0v) is 16.3. The third-order valence-electron chi connectivity index (χ3n) is 5.92. The first-order valence-corrected chi connectivity index (χ1v) is 10.3. The van der Waals surface area contributed by atoms with Crippen LogP contribution < -0.4 is 5.32 Å². The Hall–Kier alpha value is -1.36. The number of carboxylic acid groups (broad SMARTS) is 1. The fourth-order valence-electron chi connectivity index (χ4n) is 4.22. The molecule has 1 heterocycles. The molecule has 1 atom stereocenters. The number of carbonyl (C=O) groups is 2. The number of rotatable bonds is 3. The van der Waals surface area contributed by atoms with E-state index in [4.69, 9.17) is 0 Å². The first kappa shape index (κ1) is 18.4. The fraction of sp³-hybridized carbons (Fsp3) is 0.700. The van der Waals surface area contributed by atoms with Crippen LogP contribution in [0.3, 0.4) is 0 Å². The molecule has 5 heteroatoms. The van der Waals surface area contributed by atoms with Crippen LogP contribution in [0.4, 0.5) is 5.00 Å². The van der Waals surface area contributed by atoms with Gasteiger partial charge in [-0.25, -0.2) is 4.79 Å². The topological polar surface area (TPSA) is 66.4 Å². The highest BCUT2D eigenvalue weighted by molar-refractivity contribution is 7.17. The minimum absolute atomic E-state index is 0.00756. The average molecular weight is 364 g/mol. The first-order chi connectivity index (χ1) is 11.8. The Bertz CT molecular complexity index is 665. The summed E-state index contributed by atoms with van der Waals surface area (Å²) >= 11 is 1.49. The predicted octanol–water partition coefficient (Wildman–Crippen LogP) is 5.12. The molecule has 0 aliphatic heterocycles. The van der Waals surface area contributed by atoms with Crippen LogP contribution in [0, 0.1) is 17.3 Å². The molecule has 138 valence electrons. The van der Waals surface area contributed by atoms with Gasteiger partial charge in [-0.05, 0) is 49.0 Å². The zero-order valence-electron chi connectivity index (χ0n) is 15.5. The van der Waals surface area contributed by atoms with Gasteiger partial charge >= 0.3 is 5.97 Å². The monoisotopic (exact) mass is 363 g/mol. The summed E-state index contributed by atoms with van der Waals surface area (Å²) in [6.45, 7) is 6.75. The van der Waals surface area contributed by atoms with Crippen molar-refractivity contribution in [3.63, 3.8) is 0 Å². The third-order valence-corrected chi connectivity index (χ3v) is 7.09. The van der Waals surface area contributed by atoms with Crippen molar-refractivity contribution in [3.05, 3.63) is 16.0 Å². The van der Waals surface area contributed by atoms with Crippen molar-refractivity contribution in [2.75, 3.05) is 5.32 Å². The molecule has 2 aliphatic rings. The minimum atomic E-state index is -0.911. The number of thiophene rings is 1. The number of amides is 1. The smallest absolute Gasteiger partial charge is 0.339 e. The molecule has 2 N–H and O–H groups in total. The van der Waals surface area contributed by atoms with Gasteiger partial charge in [0.1, 0.15) is 5.00 Å². The Morgan fingerprint density at radius 1 is 1.12 bits per heavy atom. The van der Waals surface area contributed by atoms with Gasteiger partial charge in [0.05, 0.1) is 5.56 Å². The molecule has 1 aromatic heterocycles. The van der Waals surface area contributed by atoms with Gasteiger partial charge in [0.2, 0.25) is 5.91 Å². The van der Waals surface area contributed by atoms with Gasteiger partial charge in [-0.15, -0.1) is 11.3 Å². The number of hydrogen-bond donors (Lipinski definition) is 2. The van der Waals surface area contributed by atoms with Crippen LogP contribution in [-0.4, -0.2) is 17.0 Å². The SMILES string of the molecule is CC(C)(C)C1CCc2c(sc(NC(=O)C3CCCCC3)c2C(=O)O)C1. The molecule has 0 bridgehead atoms. The van der Waals surface area contributed by atoms with E-state index in [0.717, 1.165) is 55.4 Å². The summed E-state index contributed by atoms with van der Waals surface area (Å²) in [5.74, 6) is -0.308. The number of aromatic carboxylic acids is 1. The maximum atomic E-state index is 12.6. The van der Waals surface area contributed by atoms with Crippen molar-refractivity contribution < 1.29 is 14.7 Å². The summed E-state index contributed by atoms with van der Waals surface area (Å²) in [5, 5.41) is 13.2. The van der Waals surface area contributed by atoms with E-state index < -0.39 is 5.97 Å². The van der Waals surface area contributed by atoms with Crippen LogP contribution in [0.2, 0.25) is 0 Å². The highest BCUT2D eigenvalue weighted by atomic mass is 32.1. The Balaban J connectivity index is 1.84. The lowest BCUT2D eigenvalue weighted by Gasteiger charge is -2.33. The fourth-order valence-corrected chi connectivity index (χ4v) is 5.54. The number of carbonyl (C=O) groups excluding carboxylic acids is 1. The van der Waals surface area contributed by atoms with Crippen LogP contribution in [-0.2, 0) is 17.6 Å². The summed E-state index contributed by atoms with van der Waals surface area (Å²) in [7, 11) is 0. The van der Waals surface area contributed by atoms with Crippen LogP contribution in [0.25, 0.3) is 0 Å². The number of nitrogens with one attached hydrogen (secondary N) is 1. The highest BCUT2D eigenvalue weighted by Crippen LogP contribution is 2.44. The summed E-state index contributed by atoms with van der Waals surface area (Å²) in [6, 6.07) is 0. The molecule has 0 radical (unpaired) electrons. The molecular formula is C20H29NO3S. The molecule has 4 nitrogen and oxygen atoms in total. The number of fused-ring (bicyclic) bond motifs is 1. The van der Waals surface area contributed by atoms with Crippen molar-refractivity contribution in [1.29, 1.82) is 0 Å². The van der Waals surface area contributed by atoms with E-state index in [9.17, 15) is 14.7 Å². The molecular weight excluding hydrogens is 334 g/mol. The minimum Gasteiger partial charge on any atom is -0.478 e. The van der Waals surface area contributed by atoms with E-state index >= 15 is 0 Å². The lowest BCUT2D eigenvalue weighted by molar-refractivity contribution is -0.120. The maximum absolute atomic E-state index is 12.6. The molecule has 1 saturated carbocycles. The maximum Gasteiger partial charge on any atom is 0.339 e. The van der Waals surface area contributed by atoms with Crippen LogP contribution in [0.5, 0.6) is 0 Å². The van der Waals surface area contributed by atoms with E-state index in [1.165, 1.54) is 17.8 Å². The second kappa shape index (κ2) is 7.10. The first-order valence-electron chi connectivity index (χ1n) is 9.46. The Morgan fingerprint density at radius 3 is 2.40 bits per heavy atom. The molecule has 25 heavy (non-hydrogen) atoms. The molecule has 1 aromatic rings. The van der Waals surface area contributed by atoms with Crippen LogP contribution in [0.1, 0.15) is 80.1 Å². The van der Waals surface area contributed by atoms with Gasteiger partial charge in [0, 0.05) is 10.8 Å². The average Bonchev–Trinajstić information content (AvgIpc) is 2.91. The van der Waals surface area contributed by atoms with Gasteiger partial charge < -0.3 is 10.4 Å². The Labute approximate surface area is 154 Å². The van der Waals surface area contributed by atoms with Crippen molar-refractivity contribution in [1.82, 2.24) is 0 Å². The predicted molar refractivity (Wildman–Crippen MR) is 101 cm³/mol. The largest absolute Gasteiger partial charge is 0.478 e. The van der Waals surface area contributed by atoms with E-state index in [0.29, 0.717) is 16.5 Å². The summed E-state index contributed by atoms with van der Waals surface area (Å²) in [4.78, 5) is 25.6. The highest BCUT2D eigenvalue weighted by Gasteiger charge is 2.34. The molecule has 1 amide bonds. The Kier molecular flexibility index (Phi) is 5.24. The van der Waals surface area contributed by atoms with Crippen LogP contribution in [0.15, 0.2) is 0 Å². The van der Waals surface area contributed by atoms with E-state index in [1.54, 1.807) is 0 Å². The number of carboxylic acids is 1. The van der Waals surface area contributed by atoms with E-state index in [1.807, 2.05) is 0 Å². The van der Waals surface area contributed by atoms with Gasteiger partial charge in [-0.3, -0.25) is 4.79 Å². The molecule has 1 fully saturated rings. The van der Waals surface area contributed by atoms with Crippen molar-refractivity contribution in [3.8, 4) is 0 Å². The van der Waals surface area contributed by atoms with Gasteiger partial charge in [0.15, 0.2) is 0 Å². The second-order valence-electron chi connectivity index (χ2n) is 8.64. The summed E-state index contributed by atoms with van der Waals surface area (Å²) in [6.07, 6.45) is 7.97. The molecule has 3 rings (SSSR count). The van der Waals surface area contributed by atoms with Gasteiger partial charge in [-0.2, -0.15) is 0 Å².